The third-order valence-electron chi connectivity index (χ3n) is 4.07. The summed E-state index contributed by atoms with van der Waals surface area (Å²) in [7, 11) is 1.61. The molecule has 162 valence electrons. The van der Waals surface area contributed by atoms with Gasteiger partial charge >= 0.3 is 6.18 Å². The fourth-order valence-electron chi connectivity index (χ4n) is 2.55. The van der Waals surface area contributed by atoms with E-state index in [1.165, 1.54) is 12.1 Å². The number of halogens is 3. The van der Waals surface area contributed by atoms with Gasteiger partial charge in [-0.1, -0.05) is 24.3 Å². The maximum Gasteiger partial charge on any atom is 0.416 e. The highest BCUT2D eigenvalue weighted by molar-refractivity contribution is 5.79. The quantitative estimate of drug-likeness (QED) is 0.452. The number of rotatable bonds is 8. The van der Waals surface area contributed by atoms with Crippen LogP contribution in [0.5, 0.6) is 5.75 Å². The number of ether oxygens (including phenoxy) is 1. The lowest BCUT2D eigenvalue weighted by Crippen LogP contribution is -2.36. The zero-order valence-corrected chi connectivity index (χ0v) is 16.8. The first-order chi connectivity index (χ1) is 14.3. The summed E-state index contributed by atoms with van der Waals surface area (Å²) in [5.41, 5.74) is 0.940. The zero-order chi connectivity index (χ0) is 22.0. The Bertz CT molecular complexity index is 852. The number of likely N-dealkylation sites (N-methyl/N-ethyl adjacent to an activating group) is 1. The normalized spacial score (nSPS) is 11.7. The summed E-state index contributed by atoms with van der Waals surface area (Å²) in [6, 6.07) is 12.3. The molecule has 0 atom stereocenters. The Hall–Kier alpha value is -3.23. The van der Waals surface area contributed by atoms with Crippen molar-refractivity contribution in [3.8, 4) is 5.75 Å². The molecule has 0 radical (unpaired) electrons. The largest absolute Gasteiger partial charge is 0.484 e. The van der Waals surface area contributed by atoms with E-state index in [9.17, 15) is 18.0 Å². The third kappa shape index (κ3) is 7.65. The van der Waals surface area contributed by atoms with Gasteiger partial charge in [-0.3, -0.25) is 9.79 Å². The number of benzene rings is 2. The Morgan fingerprint density at radius 1 is 1.00 bits per heavy atom. The Morgan fingerprint density at radius 3 is 2.27 bits per heavy atom. The minimum atomic E-state index is -4.35. The van der Waals surface area contributed by atoms with Crippen LogP contribution in [-0.2, 0) is 24.1 Å². The first-order valence-electron chi connectivity index (χ1n) is 9.41. The lowest BCUT2D eigenvalue weighted by atomic mass is 10.1. The van der Waals surface area contributed by atoms with Crippen molar-refractivity contribution in [3.05, 3.63) is 65.2 Å². The van der Waals surface area contributed by atoms with Crippen LogP contribution in [-0.4, -0.2) is 32.1 Å². The van der Waals surface area contributed by atoms with Crippen molar-refractivity contribution in [1.82, 2.24) is 16.0 Å². The maximum absolute atomic E-state index is 12.6. The molecule has 0 unspecified atom stereocenters. The second-order valence-corrected chi connectivity index (χ2v) is 6.36. The van der Waals surface area contributed by atoms with Crippen molar-refractivity contribution in [1.29, 1.82) is 0 Å². The van der Waals surface area contributed by atoms with Crippen molar-refractivity contribution < 1.29 is 22.7 Å². The number of hydrogen-bond donors (Lipinski definition) is 3. The lowest BCUT2D eigenvalue weighted by Gasteiger charge is -2.13. The van der Waals surface area contributed by atoms with Gasteiger partial charge in [-0.2, -0.15) is 13.2 Å². The van der Waals surface area contributed by atoms with Crippen LogP contribution in [0.15, 0.2) is 53.5 Å². The molecule has 0 saturated carbocycles. The predicted octanol–water partition coefficient (Wildman–Crippen LogP) is 3.09. The third-order valence-corrected chi connectivity index (χ3v) is 4.07. The Morgan fingerprint density at radius 2 is 1.67 bits per heavy atom. The molecule has 0 aliphatic heterocycles. The number of carbonyl (C=O) groups is 1. The van der Waals surface area contributed by atoms with Gasteiger partial charge in [0.25, 0.3) is 5.91 Å². The van der Waals surface area contributed by atoms with Crippen molar-refractivity contribution in [2.75, 3.05) is 20.2 Å². The molecule has 3 N–H and O–H groups in total. The number of nitrogens with one attached hydrogen (secondary N) is 3. The summed E-state index contributed by atoms with van der Waals surface area (Å²) in [4.78, 5) is 15.6. The van der Waals surface area contributed by atoms with E-state index >= 15 is 0 Å². The molecule has 6 nitrogen and oxygen atoms in total. The van der Waals surface area contributed by atoms with Crippen LogP contribution in [0.1, 0.15) is 23.6 Å². The lowest BCUT2D eigenvalue weighted by molar-refractivity contribution is -0.137. The molecule has 0 spiro atoms. The molecule has 0 saturated heterocycles. The van der Waals surface area contributed by atoms with Gasteiger partial charge in [-0.05, 0) is 42.3 Å². The number of carbonyl (C=O) groups excluding carboxylic acids is 1. The van der Waals surface area contributed by atoms with Crippen molar-refractivity contribution >= 4 is 11.9 Å². The molecule has 0 bridgehead atoms. The standard InChI is InChI=1S/C21H25F3N4O2/c1-3-26-19(29)14-30-18-6-4-5-16(11-18)13-28-20(25-2)27-12-15-7-9-17(10-8-15)21(22,23)24/h4-11H,3,12-14H2,1-2H3,(H,26,29)(H2,25,27,28). The molecule has 0 aliphatic rings. The van der Waals surface area contributed by atoms with E-state index in [1.807, 2.05) is 25.1 Å². The second kappa shape index (κ2) is 11.1. The maximum atomic E-state index is 12.6. The van der Waals surface area contributed by atoms with E-state index in [-0.39, 0.29) is 12.5 Å². The zero-order valence-electron chi connectivity index (χ0n) is 16.8. The van der Waals surface area contributed by atoms with Crippen LogP contribution >= 0.6 is 0 Å². The van der Waals surface area contributed by atoms with Crippen LogP contribution in [0.2, 0.25) is 0 Å². The molecule has 2 aromatic rings. The Balaban J connectivity index is 1.84. The summed E-state index contributed by atoms with van der Waals surface area (Å²) >= 11 is 0. The van der Waals surface area contributed by atoms with Gasteiger partial charge in [0.2, 0.25) is 0 Å². The smallest absolute Gasteiger partial charge is 0.416 e. The van der Waals surface area contributed by atoms with Gasteiger partial charge in [0.1, 0.15) is 5.75 Å². The topological polar surface area (TPSA) is 74.8 Å². The van der Waals surface area contributed by atoms with Crippen molar-refractivity contribution in [2.45, 2.75) is 26.2 Å². The van der Waals surface area contributed by atoms with E-state index in [0.717, 1.165) is 17.7 Å². The predicted molar refractivity (Wildman–Crippen MR) is 109 cm³/mol. The van der Waals surface area contributed by atoms with E-state index in [2.05, 4.69) is 20.9 Å². The number of guanidine groups is 1. The summed E-state index contributed by atoms with van der Waals surface area (Å²) < 4.78 is 43.3. The molecule has 0 aromatic heterocycles. The number of amides is 1. The van der Waals surface area contributed by atoms with Crippen LogP contribution in [0, 0.1) is 0 Å². The summed E-state index contributed by atoms with van der Waals surface area (Å²) in [6.07, 6.45) is -4.35. The van der Waals surface area contributed by atoms with Crippen LogP contribution in [0.3, 0.4) is 0 Å². The molecule has 2 rings (SSSR count). The molecule has 0 fully saturated rings. The van der Waals surface area contributed by atoms with Crippen LogP contribution in [0.4, 0.5) is 13.2 Å². The van der Waals surface area contributed by atoms with E-state index in [1.54, 1.807) is 13.1 Å². The number of hydrogen-bond acceptors (Lipinski definition) is 3. The first-order valence-corrected chi connectivity index (χ1v) is 9.41. The van der Waals surface area contributed by atoms with Gasteiger partial charge in [0.05, 0.1) is 5.56 Å². The van der Waals surface area contributed by atoms with E-state index in [4.69, 9.17) is 4.74 Å². The molecular formula is C21H25F3N4O2. The SMILES string of the molecule is CCNC(=O)COc1cccc(CNC(=NC)NCc2ccc(C(F)(F)F)cc2)c1. The highest BCUT2D eigenvalue weighted by Gasteiger charge is 2.29. The van der Waals surface area contributed by atoms with Crippen molar-refractivity contribution in [2.24, 2.45) is 4.99 Å². The van der Waals surface area contributed by atoms with Gasteiger partial charge < -0.3 is 20.7 Å². The summed E-state index contributed by atoms with van der Waals surface area (Å²) in [5.74, 6) is 0.894. The van der Waals surface area contributed by atoms with Crippen LogP contribution in [0.25, 0.3) is 0 Å². The molecule has 2 aromatic carbocycles. The minimum absolute atomic E-state index is 0.0545. The molecule has 0 aliphatic carbocycles. The van der Waals surface area contributed by atoms with Gasteiger partial charge in [-0.15, -0.1) is 0 Å². The fraction of sp³-hybridized carbons (Fsp3) is 0.333. The number of nitrogens with zero attached hydrogens (tertiary/aromatic N) is 1. The average molecular weight is 422 g/mol. The second-order valence-electron chi connectivity index (χ2n) is 6.36. The minimum Gasteiger partial charge on any atom is -0.484 e. The molecule has 30 heavy (non-hydrogen) atoms. The summed E-state index contributed by atoms with van der Waals surface area (Å²) in [6.45, 7) is 3.10. The van der Waals surface area contributed by atoms with Gasteiger partial charge in [-0.25, -0.2) is 0 Å². The fourth-order valence-corrected chi connectivity index (χ4v) is 2.55. The Kier molecular flexibility index (Phi) is 8.52. The monoisotopic (exact) mass is 422 g/mol. The first kappa shape index (κ1) is 23.1. The van der Waals surface area contributed by atoms with E-state index < -0.39 is 11.7 Å². The van der Waals surface area contributed by atoms with E-state index in [0.29, 0.717) is 36.9 Å². The molecule has 1 amide bonds. The molecule has 9 heteroatoms. The average Bonchev–Trinajstić information content (AvgIpc) is 2.72. The Labute approximate surface area is 173 Å². The highest BCUT2D eigenvalue weighted by Crippen LogP contribution is 2.29. The molecule has 0 heterocycles. The van der Waals surface area contributed by atoms with Gasteiger partial charge in [0.15, 0.2) is 12.6 Å². The summed E-state index contributed by atoms with van der Waals surface area (Å²) in [5, 5.41) is 8.84. The molecular weight excluding hydrogens is 397 g/mol. The van der Waals surface area contributed by atoms with Crippen LogP contribution < -0.4 is 20.7 Å². The number of aliphatic imine (C=N–C) groups is 1. The number of alkyl halides is 3. The van der Waals surface area contributed by atoms with Gasteiger partial charge in [0, 0.05) is 26.7 Å². The van der Waals surface area contributed by atoms with Crippen molar-refractivity contribution in [3.63, 3.8) is 0 Å². The highest BCUT2D eigenvalue weighted by atomic mass is 19.4.